The van der Waals surface area contributed by atoms with Crippen molar-refractivity contribution in [2.45, 2.75) is 12.5 Å². The molecular weight excluding hydrogens is 298 g/mol. The monoisotopic (exact) mass is 311 g/mol. The van der Waals surface area contributed by atoms with E-state index >= 15 is 0 Å². The summed E-state index contributed by atoms with van der Waals surface area (Å²) in [5.74, 6) is 0.902. The van der Waals surface area contributed by atoms with Crippen molar-refractivity contribution in [2.24, 2.45) is 0 Å². The first-order chi connectivity index (χ1) is 9.94. The van der Waals surface area contributed by atoms with Crippen molar-refractivity contribution in [3.05, 3.63) is 22.7 Å². The second kappa shape index (κ2) is 7.41. The largest absolute Gasteiger partial charge is 0.493 e. The molecule has 1 atom stereocenters. The Morgan fingerprint density at radius 1 is 1.43 bits per heavy atom. The molecule has 0 aliphatic heterocycles. The molecule has 0 fully saturated rings. The molecule has 0 radical (unpaired) electrons. The van der Waals surface area contributed by atoms with E-state index in [1.807, 2.05) is 0 Å². The highest BCUT2D eigenvalue weighted by Crippen LogP contribution is 2.35. The number of terminal acetylenes is 1. The summed E-state index contributed by atoms with van der Waals surface area (Å²) in [6, 6.07) is 1.58. The Hall–Kier alpha value is -2.39. The van der Waals surface area contributed by atoms with Crippen LogP contribution in [-0.2, 0) is 4.79 Å². The lowest BCUT2D eigenvalue weighted by molar-refractivity contribution is -0.139. The average Bonchev–Trinajstić information content (AvgIpc) is 2.45. The van der Waals surface area contributed by atoms with Gasteiger partial charge >= 0.3 is 5.97 Å². The lowest BCUT2D eigenvalue weighted by atomic mass is 10.1. The van der Waals surface area contributed by atoms with E-state index in [2.05, 4.69) is 11.2 Å². The first kappa shape index (κ1) is 16.7. The van der Waals surface area contributed by atoms with E-state index in [-0.39, 0.29) is 28.5 Å². The number of rotatable bonds is 6. The molecule has 1 aromatic rings. The van der Waals surface area contributed by atoms with Crippen molar-refractivity contribution < 1.29 is 24.2 Å². The van der Waals surface area contributed by atoms with Crippen molar-refractivity contribution in [1.29, 1.82) is 0 Å². The smallest absolute Gasteiger partial charge is 0.327 e. The molecule has 6 nitrogen and oxygen atoms in total. The zero-order chi connectivity index (χ0) is 16.0. The minimum Gasteiger partial charge on any atom is -0.493 e. The van der Waals surface area contributed by atoms with Gasteiger partial charge in [-0.1, -0.05) is 11.6 Å². The quantitative estimate of drug-likeness (QED) is 0.779. The maximum Gasteiger partial charge on any atom is 0.327 e. The number of carboxylic acids is 1. The number of methoxy groups -OCH3 is 2. The predicted molar refractivity (Wildman–Crippen MR) is 76.9 cm³/mol. The maximum absolute atomic E-state index is 12.1. The number of benzene rings is 1. The Balaban J connectivity index is 3.05. The maximum atomic E-state index is 12.1. The number of carbonyl (C=O) groups excluding carboxylic acids is 1. The fraction of sp³-hybridized carbons (Fsp3) is 0.286. The van der Waals surface area contributed by atoms with Gasteiger partial charge < -0.3 is 19.9 Å². The molecule has 1 aromatic carbocycles. The van der Waals surface area contributed by atoms with Gasteiger partial charge in [-0.3, -0.25) is 4.79 Å². The zero-order valence-electron chi connectivity index (χ0n) is 11.5. The van der Waals surface area contributed by atoms with Crippen LogP contribution in [-0.4, -0.2) is 37.2 Å². The number of aliphatic carboxylic acids is 1. The van der Waals surface area contributed by atoms with E-state index in [4.69, 9.17) is 32.6 Å². The molecule has 0 aliphatic carbocycles. The molecule has 1 rings (SSSR count). The molecule has 0 heterocycles. The van der Waals surface area contributed by atoms with Crippen LogP contribution in [0.5, 0.6) is 11.5 Å². The Morgan fingerprint density at radius 3 is 2.57 bits per heavy atom. The highest BCUT2D eigenvalue weighted by Gasteiger charge is 2.21. The van der Waals surface area contributed by atoms with E-state index < -0.39 is 17.9 Å². The summed E-state index contributed by atoms with van der Waals surface area (Å²) in [6.07, 6.45) is 4.94. The highest BCUT2D eigenvalue weighted by atomic mass is 35.5. The topological polar surface area (TPSA) is 84.9 Å². The van der Waals surface area contributed by atoms with Crippen LogP contribution in [0.2, 0.25) is 5.02 Å². The van der Waals surface area contributed by atoms with Crippen molar-refractivity contribution >= 4 is 23.5 Å². The Kier molecular flexibility index (Phi) is 5.88. The number of nitrogens with one attached hydrogen (secondary N) is 1. The van der Waals surface area contributed by atoms with Crippen LogP contribution in [0.1, 0.15) is 16.8 Å². The Bertz CT molecular complexity index is 594. The molecule has 21 heavy (non-hydrogen) atoms. The number of hydrogen-bond acceptors (Lipinski definition) is 4. The molecule has 1 unspecified atom stereocenters. The summed E-state index contributed by atoms with van der Waals surface area (Å²) >= 11 is 5.98. The number of carbonyl (C=O) groups is 2. The summed E-state index contributed by atoms with van der Waals surface area (Å²) in [5.41, 5.74) is 0.140. The van der Waals surface area contributed by atoms with Gasteiger partial charge in [0.05, 0.1) is 19.2 Å². The molecule has 1 amide bonds. The molecule has 0 saturated carbocycles. The van der Waals surface area contributed by atoms with Crippen molar-refractivity contribution in [2.75, 3.05) is 14.2 Å². The number of ether oxygens (including phenoxy) is 2. The molecule has 7 heteroatoms. The Labute approximate surface area is 127 Å². The minimum atomic E-state index is -1.21. The molecule has 0 saturated heterocycles. The number of amides is 1. The predicted octanol–water partition coefficient (Wildman–Crippen LogP) is 1.56. The third kappa shape index (κ3) is 4.04. The second-order valence-electron chi connectivity index (χ2n) is 3.97. The molecule has 0 aliphatic rings. The van der Waals surface area contributed by atoms with Gasteiger partial charge in [0.2, 0.25) is 0 Å². The van der Waals surface area contributed by atoms with Crippen LogP contribution in [0.3, 0.4) is 0 Å². The van der Waals surface area contributed by atoms with E-state index in [0.717, 1.165) is 0 Å². The van der Waals surface area contributed by atoms with Gasteiger partial charge in [0.15, 0.2) is 11.5 Å². The summed E-state index contributed by atoms with van der Waals surface area (Å²) < 4.78 is 10.1. The molecule has 0 bridgehead atoms. The van der Waals surface area contributed by atoms with E-state index in [0.29, 0.717) is 0 Å². The highest BCUT2D eigenvalue weighted by molar-refractivity contribution is 6.32. The van der Waals surface area contributed by atoms with E-state index in [1.54, 1.807) is 0 Å². The third-order valence-electron chi connectivity index (χ3n) is 2.62. The fourth-order valence-electron chi connectivity index (χ4n) is 1.61. The number of halogens is 1. The fourth-order valence-corrected chi connectivity index (χ4v) is 1.90. The zero-order valence-corrected chi connectivity index (χ0v) is 12.2. The lowest BCUT2D eigenvalue weighted by Gasteiger charge is -2.14. The van der Waals surface area contributed by atoms with Gasteiger partial charge in [-0.25, -0.2) is 4.79 Å². The van der Waals surface area contributed by atoms with E-state index in [9.17, 15) is 9.59 Å². The van der Waals surface area contributed by atoms with Gasteiger partial charge in [0.1, 0.15) is 6.04 Å². The first-order valence-electron chi connectivity index (χ1n) is 5.83. The lowest BCUT2D eigenvalue weighted by Crippen LogP contribution is -2.40. The molecule has 0 spiro atoms. The van der Waals surface area contributed by atoms with E-state index in [1.165, 1.54) is 26.4 Å². The second-order valence-corrected chi connectivity index (χ2v) is 4.37. The summed E-state index contributed by atoms with van der Waals surface area (Å²) in [4.78, 5) is 23.0. The van der Waals surface area contributed by atoms with Gasteiger partial charge in [0.25, 0.3) is 5.91 Å². The van der Waals surface area contributed by atoms with Crippen LogP contribution in [0.25, 0.3) is 0 Å². The van der Waals surface area contributed by atoms with Crippen molar-refractivity contribution in [3.8, 4) is 23.8 Å². The van der Waals surface area contributed by atoms with Gasteiger partial charge in [-0.15, -0.1) is 12.3 Å². The van der Waals surface area contributed by atoms with Crippen LogP contribution in [0, 0.1) is 12.3 Å². The standard InChI is InChI=1S/C14H14ClNO5/c1-4-5-10(14(18)19)16-13(17)8-6-9(15)12(21-3)11(7-8)20-2/h1,6-7,10H,5H2,2-3H3,(H,16,17)(H,18,19). The van der Waals surface area contributed by atoms with Crippen LogP contribution in [0.4, 0.5) is 0 Å². The molecular formula is C14H14ClNO5. The third-order valence-corrected chi connectivity index (χ3v) is 2.90. The Morgan fingerprint density at radius 2 is 2.10 bits per heavy atom. The number of carboxylic acid groups (broad SMARTS) is 1. The number of hydrogen-bond donors (Lipinski definition) is 2. The first-order valence-corrected chi connectivity index (χ1v) is 6.21. The summed E-state index contributed by atoms with van der Waals surface area (Å²) in [5, 5.41) is 11.4. The molecule has 112 valence electrons. The van der Waals surface area contributed by atoms with Crippen LogP contribution >= 0.6 is 11.6 Å². The molecule has 2 N–H and O–H groups in total. The minimum absolute atomic E-state index is 0.123. The van der Waals surface area contributed by atoms with Crippen molar-refractivity contribution in [1.82, 2.24) is 5.32 Å². The SMILES string of the molecule is C#CCC(NC(=O)c1cc(Cl)c(OC)c(OC)c1)C(=O)O. The van der Waals surface area contributed by atoms with Crippen molar-refractivity contribution in [3.63, 3.8) is 0 Å². The summed E-state index contributed by atoms with van der Waals surface area (Å²) in [6.45, 7) is 0. The van der Waals surface area contributed by atoms with Crippen LogP contribution < -0.4 is 14.8 Å². The normalized spacial score (nSPS) is 11.1. The summed E-state index contributed by atoms with van der Waals surface area (Å²) in [7, 11) is 2.81. The van der Waals surface area contributed by atoms with Gasteiger partial charge in [-0.05, 0) is 12.1 Å². The molecule has 0 aromatic heterocycles. The average molecular weight is 312 g/mol. The van der Waals surface area contributed by atoms with Crippen LogP contribution in [0.15, 0.2) is 12.1 Å². The van der Waals surface area contributed by atoms with Gasteiger partial charge in [0, 0.05) is 12.0 Å². The van der Waals surface area contributed by atoms with Gasteiger partial charge in [-0.2, -0.15) is 0 Å².